The van der Waals surface area contributed by atoms with Gasteiger partial charge in [-0.25, -0.2) is 0 Å². The zero-order valence-corrected chi connectivity index (χ0v) is 12.7. The molecule has 0 fully saturated rings. The molecule has 0 aromatic carbocycles. The molecule has 2 heteroatoms. The molecule has 92 valence electrons. The van der Waals surface area contributed by atoms with E-state index in [0.717, 1.165) is 5.92 Å². The van der Waals surface area contributed by atoms with Gasteiger partial charge in [-0.3, -0.25) is 0 Å². The van der Waals surface area contributed by atoms with E-state index < -0.39 is 0 Å². The Bertz CT molecular complexity index is 154. The molecule has 1 atom stereocenters. The molecule has 15 heavy (non-hydrogen) atoms. The van der Waals surface area contributed by atoms with Crippen LogP contribution in [0.25, 0.3) is 0 Å². The second-order valence-electron chi connectivity index (χ2n) is 4.29. The van der Waals surface area contributed by atoms with Gasteiger partial charge in [-0.1, -0.05) is 26.3 Å². The molecule has 0 saturated carbocycles. The molecule has 0 spiro atoms. The summed E-state index contributed by atoms with van der Waals surface area (Å²) >= 11 is 0. The molecule has 0 aliphatic heterocycles. The minimum absolute atomic E-state index is 0. The summed E-state index contributed by atoms with van der Waals surface area (Å²) < 4.78 is 1.23. The van der Waals surface area contributed by atoms with Gasteiger partial charge < -0.3 is 21.5 Å². The molecule has 0 amide bonds. The van der Waals surface area contributed by atoms with Crippen molar-refractivity contribution >= 4 is 0 Å². The predicted molar refractivity (Wildman–Crippen MR) is 65.3 cm³/mol. The van der Waals surface area contributed by atoms with Crippen LogP contribution < -0.4 is 17.0 Å². The van der Waals surface area contributed by atoms with Crippen molar-refractivity contribution in [2.75, 3.05) is 26.2 Å². The molecule has 0 aromatic rings. The van der Waals surface area contributed by atoms with Crippen LogP contribution in [0, 0.1) is 5.92 Å². The highest BCUT2D eigenvalue weighted by atomic mass is 79.9. The highest BCUT2D eigenvalue weighted by molar-refractivity contribution is 4.85. The highest BCUT2D eigenvalue weighted by Crippen LogP contribution is 2.08. The molecule has 0 N–H and O–H groups in total. The van der Waals surface area contributed by atoms with Crippen LogP contribution in [0.5, 0.6) is 0 Å². The second kappa shape index (κ2) is 9.41. The standard InChI is InChI=1S/C13H28N.BrH/c1-6-13(5)11-10-12-14(7-2,8-3)9-4;/h10-11,13H,6-9,12H2,1-5H3;1H/q+1;/p-1. The molecule has 1 unspecified atom stereocenters. The zero-order chi connectivity index (χ0) is 11.0. The molecule has 0 heterocycles. The van der Waals surface area contributed by atoms with E-state index in [-0.39, 0.29) is 17.0 Å². The third kappa shape index (κ3) is 6.36. The Hall–Kier alpha value is 0.180. The summed E-state index contributed by atoms with van der Waals surface area (Å²) in [5.74, 6) is 0.738. The Morgan fingerprint density at radius 1 is 1.00 bits per heavy atom. The largest absolute Gasteiger partial charge is 1.00 e. The highest BCUT2D eigenvalue weighted by Gasteiger charge is 2.17. The molecule has 0 bridgehead atoms. The van der Waals surface area contributed by atoms with Gasteiger partial charge in [0.05, 0.1) is 26.2 Å². The molecule has 0 aliphatic rings. The third-order valence-electron chi connectivity index (χ3n) is 3.61. The number of likely N-dealkylation sites (N-methyl/N-ethyl adjacent to an activating group) is 1. The fourth-order valence-electron chi connectivity index (χ4n) is 1.71. The predicted octanol–water partition coefficient (Wildman–Crippen LogP) is 0.469. The van der Waals surface area contributed by atoms with Gasteiger partial charge in [-0.05, 0) is 32.8 Å². The number of quaternary nitrogens is 1. The number of allylic oxidation sites excluding steroid dienone is 1. The topological polar surface area (TPSA) is 0 Å². The first-order valence-corrected chi connectivity index (χ1v) is 6.15. The van der Waals surface area contributed by atoms with E-state index in [1.807, 2.05) is 0 Å². The summed E-state index contributed by atoms with van der Waals surface area (Å²) in [5, 5.41) is 0. The number of rotatable bonds is 7. The van der Waals surface area contributed by atoms with Crippen LogP contribution in [-0.2, 0) is 0 Å². The maximum Gasteiger partial charge on any atom is 0.0973 e. The van der Waals surface area contributed by atoms with Crippen LogP contribution in [0.2, 0.25) is 0 Å². The Morgan fingerprint density at radius 2 is 1.47 bits per heavy atom. The zero-order valence-electron chi connectivity index (χ0n) is 11.1. The first kappa shape index (κ1) is 17.6. The molecule has 0 aromatic heterocycles. The van der Waals surface area contributed by atoms with E-state index in [1.165, 1.54) is 37.1 Å². The Balaban J connectivity index is 0. The first-order chi connectivity index (χ1) is 6.64. The minimum atomic E-state index is 0. The van der Waals surface area contributed by atoms with Crippen LogP contribution in [0.4, 0.5) is 0 Å². The van der Waals surface area contributed by atoms with Crippen molar-refractivity contribution in [2.45, 2.75) is 41.0 Å². The normalized spacial score (nSPS) is 13.9. The monoisotopic (exact) mass is 277 g/mol. The molecule has 0 radical (unpaired) electrons. The van der Waals surface area contributed by atoms with Crippen LogP contribution in [0.1, 0.15) is 41.0 Å². The Labute approximate surface area is 107 Å². The molecular weight excluding hydrogens is 250 g/mol. The van der Waals surface area contributed by atoms with Crippen molar-refractivity contribution in [3.05, 3.63) is 12.2 Å². The van der Waals surface area contributed by atoms with E-state index in [4.69, 9.17) is 0 Å². The summed E-state index contributed by atoms with van der Waals surface area (Å²) in [7, 11) is 0. The van der Waals surface area contributed by atoms with E-state index in [9.17, 15) is 0 Å². The van der Waals surface area contributed by atoms with Gasteiger partial charge >= 0.3 is 0 Å². The fraction of sp³-hybridized carbons (Fsp3) is 0.846. The van der Waals surface area contributed by atoms with Crippen molar-refractivity contribution in [1.29, 1.82) is 0 Å². The van der Waals surface area contributed by atoms with Crippen molar-refractivity contribution in [3.63, 3.8) is 0 Å². The number of halogens is 1. The van der Waals surface area contributed by atoms with Crippen LogP contribution in [0.15, 0.2) is 12.2 Å². The number of nitrogens with zero attached hydrogens (tertiary/aromatic N) is 1. The van der Waals surface area contributed by atoms with Gasteiger partial charge in [-0.15, -0.1) is 0 Å². The second-order valence-corrected chi connectivity index (χ2v) is 4.29. The van der Waals surface area contributed by atoms with E-state index >= 15 is 0 Å². The number of hydrogen-bond donors (Lipinski definition) is 0. The van der Waals surface area contributed by atoms with E-state index in [0.29, 0.717) is 0 Å². The summed E-state index contributed by atoms with van der Waals surface area (Å²) in [4.78, 5) is 0. The first-order valence-electron chi connectivity index (χ1n) is 6.15. The summed E-state index contributed by atoms with van der Waals surface area (Å²) in [6, 6.07) is 0. The van der Waals surface area contributed by atoms with Crippen molar-refractivity contribution in [3.8, 4) is 0 Å². The summed E-state index contributed by atoms with van der Waals surface area (Å²) in [6.45, 7) is 16.4. The van der Waals surface area contributed by atoms with Crippen LogP contribution in [-0.4, -0.2) is 30.7 Å². The van der Waals surface area contributed by atoms with Gasteiger partial charge in [-0.2, -0.15) is 0 Å². The van der Waals surface area contributed by atoms with Crippen molar-refractivity contribution in [2.24, 2.45) is 5.92 Å². The van der Waals surface area contributed by atoms with E-state index in [2.05, 4.69) is 46.8 Å². The van der Waals surface area contributed by atoms with Gasteiger partial charge in [0.15, 0.2) is 0 Å². The van der Waals surface area contributed by atoms with Gasteiger partial charge in [0.25, 0.3) is 0 Å². The number of hydrogen-bond acceptors (Lipinski definition) is 0. The molecule has 0 rings (SSSR count). The van der Waals surface area contributed by atoms with Crippen LogP contribution >= 0.6 is 0 Å². The van der Waals surface area contributed by atoms with E-state index in [1.54, 1.807) is 0 Å². The maximum atomic E-state index is 2.38. The van der Waals surface area contributed by atoms with Crippen molar-refractivity contribution < 1.29 is 21.5 Å². The summed E-state index contributed by atoms with van der Waals surface area (Å²) in [6.07, 6.45) is 6.00. The smallest absolute Gasteiger partial charge is 0.0973 e. The maximum absolute atomic E-state index is 2.38. The lowest BCUT2D eigenvalue weighted by molar-refractivity contribution is -0.917. The minimum Gasteiger partial charge on any atom is -1.00 e. The van der Waals surface area contributed by atoms with Gasteiger partial charge in [0.1, 0.15) is 0 Å². The Morgan fingerprint density at radius 3 is 1.80 bits per heavy atom. The lowest BCUT2D eigenvalue weighted by atomic mass is 10.1. The average Bonchev–Trinajstić information content (AvgIpc) is 2.25. The third-order valence-corrected chi connectivity index (χ3v) is 3.61. The molecular formula is C13H28BrN. The fourth-order valence-corrected chi connectivity index (χ4v) is 1.71. The summed E-state index contributed by atoms with van der Waals surface area (Å²) in [5.41, 5.74) is 0. The molecule has 0 saturated heterocycles. The van der Waals surface area contributed by atoms with Gasteiger partial charge in [0, 0.05) is 0 Å². The van der Waals surface area contributed by atoms with Crippen LogP contribution in [0.3, 0.4) is 0 Å². The van der Waals surface area contributed by atoms with Crippen molar-refractivity contribution in [1.82, 2.24) is 0 Å². The lowest BCUT2D eigenvalue weighted by Gasteiger charge is -2.34. The molecule has 0 aliphatic carbocycles. The quantitative estimate of drug-likeness (QED) is 0.469. The SMILES string of the molecule is CCC(C)C=CC[N+](CC)(CC)CC.[Br-]. The van der Waals surface area contributed by atoms with Gasteiger partial charge in [0.2, 0.25) is 0 Å². The lowest BCUT2D eigenvalue weighted by Crippen LogP contribution is -3.00. The molecule has 1 nitrogen and oxygen atoms in total. The average molecular weight is 278 g/mol. The Kier molecular flexibility index (Phi) is 11.0.